The molecule has 0 unspecified atom stereocenters. The zero-order chi connectivity index (χ0) is 13.7. The molecular weight excluding hydrogens is 236 g/mol. The van der Waals surface area contributed by atoms with Gasteiger partial charge in [0, 0.05) is 24.8 Å². The molecule has 2 rings (SSSR count). The zero-order valence-electron chi connectivity index (χ0n) is 12.0. The van der Waals surface area contributed by atoms with Crippen LogP contribution in [0.15, 0.2) is 18.2 Å². The van der Waals surface area contributed by atoms with Crippen LogP contribution in [-0.2, 0) is 0 Å². The Balaban J connectivity index is 1.95. The van der Waals surface area contributed by atoms with Gasteiger partial charge in [0.15, 0.2) is 0 Å². The third-order valence-corrected chi connectivity index (χ3v) is 4.02. The minimum atomic E-state index is -0.0260. The molecule has 1 aromatic carbocycles. The fourth-order valence-electron chi connectivity index (χ4n) is 2.79. The first kappa shape index (κ1) is 13.9. The molecule has 19 heavy (non-hydrogen) atoms. The summed E-state index contributed by atoms with van der Waals surface area (Å²) in [5, 5.41) is 6.19. The van der Waals surface area contributed by atoms with Crippen LogP contribution in [0.5, 0.6) is 0 Å². The van der Waals surface area contributed by atoms with Crippen molar-refractivity contribution in [2.24, 2.45) is 5.92 Å². The molecule has 0 aromatic heterocycles. The van der Waals surface area contributed by atoms with E-state index in [9.17, 15) is 4.79 Å². The number of hydrogen-bond donors (Lipinski definition) is 2. The van der Waals surface area contributed by atoms with Crippen molar-refractivity contribution in [1.82, 2.24) is 5.32 Å². The van der Waals surface area contributed by atoms with Gasteiger partial charge in [0.05, 0.1) is 0 Å². The largest absolute Gasteiger partial charge is 0.385 e. The Morgan fingerprint density at radius 2 is 2.00 bits per heavy atom. The molecule has 0 heterocycles. The van der Waals surface area contributed by atoms with Gasteiger partial charge < -0.3 is 10.6 Å². The van der Waals surface area contributed by atoms with E-state index in [1.54, 1.807) is 7.05 Å². The van der Waals surface area contributed by atoms with Crippen molar-refractivity contribution in [2.75, 3.05) is 18.9 Å². The minimum absolute atomic E-state index is 0.0260. The van der Waals surface area contributed by atoms with E-state index in [2.05, 4.69) is 17.6 Å². The fourth-order valence-corrected chi connectivity index (χ4v) is 2.79. The van der Waals surface area contributed by atoms with Gasteiger partial charge in [-0.1, -0.05) is 19.3 Å². The van der Waals surface area contributed by atoms with Crippen molar-refractivity contribution in [1.29, 1.82) is 0 Å². The van der Waals surface area contributed by atoms with Crippen LogP contribution in [0.4, 0.5) is 5.69 Å². The van der Waals surface area contributed by atoms with Gasteiger partial charge in [-0.25, -0.2) is 0 Å². The number of nitrogens with one attached hydrogen (secondary N) is 2. The van der Waals surface area contributed by atoms with Gasteiger partial charge in [0.25, 0.3) is 5.91 Å². The monoisotopic (exact) mass is 260 g/mol. The maximum Gasteiger partial charge on any atom is 0.251 e. The van der Waals surface area contributed by atoms with Gasteiger partial charge in [-0.3, -0.25) is 4.79 Å². The number of benzene rings is 1. The summed E-state index contributed by atoms with van der Waals surface area (Å²) in [6.45, 7) is 3.11. The standard InChI is InChI=1S/C16H24N2O/c1-12-10-14(16(19)17-2)8-9-15(12)18-11-13-6-4-3-5-7-13/h8-10,13,18H,3-7,11H2,1-2H3,(H,17,19). The maximum atomic E-state index is 11.6. The molecule has 0 saturated heterocycles. The first-order valence-electron chi connectivity index (χ1n) is 7.27. The van der Waals surface area contributed by atoms with Crippen LogP contribution in [0.1, 0.15) is 48.0 Å². The number of rotatable bonds is 4. The van der Waals surface area contributed by atoms with Crippen molar-refractivity contribution >= 4 is 11.6 Å². The molecule has 3 nitrogen and oxygen atoms in total. The van der Waals surface area contributed by atoms with E-state index in [1.807, 2.05) is 18.2 Å². The molecule has 0 aliphatic heterocycles. The molecule has 2 N–H and O–H groups in total. The summed E-state index contributed by atoms with van der Waals surface area (Å²) >= 11 is 0. The lowest BCUT2D eigenvalue weighted by atomic mass is 9.89. The molecule has 1 saturated carbocycles. The highest BCUT2D eigenvalue weighted by atomic mass is 16.1. The highest BCUT2D eigenvalue weighted by molar-refractivity contribution is 5.94. The van der Waals surface area contributed by atoms with Crippen molar-refractivity contribution in [3.8, 4) is 0 Å². The fraction of sp³-hybridized carbons (Fsp3) is 0.562. The maximum absolute atomic E-state index is 11.6. The Hall–Kier alpha value is -1.51. The predicted octanol–water partition coefficient (Wildman–Crippen LogP) is 3.35. The summed E-state index contributed by atoms with van der Waals surface area (Å²) in [5.74, 6) is 0.786. The number of anilines is 1. The molecule has 0 bridgehead atoms. The van der Waals surface area contributed by atoms with Crippen LogP contribution in [0.3, 0.4) is 0 Å². The van der Waals surface area contributed by atoms with Crippen LogP contribution in [0.2, 0.25) is 0 Å². The van der Waals surface area contributed by atoms with Crippen LogP contribution in [0, 0.1) is 12.8 Å². The molecular formula is C16H24N2O. The summed E-state index contributed by atoms with van der Waals surface area (Å²) in [5.41, 5.74) is 3.01. The normalized spacial score (nSPS) is 16.1. The summed E-state index contributed by atoms with van der Waals surface area (Å²) in [6.07, 6.45) is 6.85. The first-order valence-corrected chi connectivity index (χ1v) is 7.27. The van der Waals surface area contributed by atoms with Crippen molar-refractivity contribution < 1.29 is 4.79 Å². The third kappa shape index (κ3) is 3.72. The van der Waals surface area contributed by atoms with Gasteiger partial charge >= 0.3 is 0 Å². The van der Waals surface area contributed by atoms with E-state index in [4.69, 9.17) is 0 Å². The van der Waals surface area contributed by atoms with Crippen molar-refractivity contribution in [2.45, 2.75) is 39.0 Å². The van der Waals surface area contributed by atoms with Gasteiger partial charge in [-0.15, -0.1) is 0 Å². The van der Waals surface area contributed by atoms with Gasteiger partial charge in [0.2, 0.25) is 0 Å². The Morgan fingerprint density at radius 1 is 1.26 bits per heavy atom. The van der Waals surface area contributed by atoms with Crippen molar-refractivity contribution in [3.63, 3.8) is 0 Å². The summed E-state index contributed by atoms with van der Waals surface area (Å²) in [6, 6.07) is 5.85. The third-order valence-electron chi connectivity index (χ3n) is 4.02. The number of hydrogen-bond acceptors (Lipinski definition) is 2. The average Bonchev–Trinajstić information content (AvgIpc) is 2.46. The second kappa shape index (κ2) is 6.60. The SMILES string of the molecule is CNC(=O)c1ccc(NCC2CCCCC2)c(C)c1. The number of aryl methyl sites for hydroxylation is 1. The molecule has 3 heteroatoms. The Morgan fingerprint density at radius 3 is 2.63 bits per heavy atom. The van der Waals surface area contributed by atoms with Crippen LogP contribution >= 0.6 is 0 Å². The minimum Gasteiger partial charge on any atom is -0.385 e. The number of amides is 1. The Labute approximate surface area is 115 Å². The van der Waals surface area contributed by atoms with E-state index in [1.165, 1.54) is 32.1 Å². The zero-order valence-corrected chi connectivity index (χ0v) is 12.0. The molecule has 104 valence electrons. The van der Waals surface area contributed by atoms with Gasteiger partial charge in [0.1, 0.15) is 0 Å². The molecule has 0 atom stereocenters. The Kier molecular flexibility index (Phi) is 4.83. The topological polar surface area (TPSA) is 41.1 Å². The first-order chi connectivity index (χ1) is 9.20. The number of carbonyl (C=O) groups excluding carboxylic acids is 1. The summed E-state index contributed by atoms with van der Waals surface area (Å²) < 4.78 is 0. The molecule has 1 aliphatic carbocycles. The second-order valence-electron chi connectivity index (χ2n) is 5.49. The lowest BCUT2D eigenvalue weighted by Crippen LogP contribution is -2.19. The summed E-state index contributed by atoms with van der Waals surface area (Å²) in [4.78, 5) is 11.6. The van der Waals surface area contributed by atoms with E-state index in [0.717, 1.165) is 29.3 Å². The van der Waals surface area contributed by atoms with E-state index in [-0.39, 0.29) is 5.91 Å². The van der Waals surface area contributed by atoms with E-state index < -0.39 is 0 Å². The van der Waals surface area contributed by atoms with Crippen LogP contribution < -0.4 is 10.6 Å². The molecule has 1 fully saturated rings. The smallest absolute Gasteiger partial charge is 0.251 e. The molecule has 0 radical (unpaired) electrons. The highest BCUT2D eigenvalue weighted by Crippen LogP contribution is 2.25. The second-order valence-corrected chi connectivity index (χ2v) is 5.49. The average molecular weight is 260 g/mol. The molecule has 1 amide bonds. The van der Waals surface area contributed by atoms with Crippen molar-refractivity contribution in [3.05, 3.63) is 29.3 Å². The van der Waals surface area contributed by atoms with E-state index in [0.29, 0.717) is 0 Å². The number of carbonyl (C=O) groups is 1. The predicted molar refractivity (Wildman–Crippen MR) is 79.6 cm³/mol. The van der Waals surface area contributed by atoms with Gasteiger partial charge in [-0.2, -0.15) is 0 Å². The van der Waals surface area contributed by atoms with Crippen LogP contribution in [0.25, 0.3) is 0 Å². The highest BCUT2D eigenvalue weighted by Gasteiger charge is 2.13. The summed E-state index contributed by atoms with van der Waals surface area (Å²) in [7, 11) is 1.66. The molecule has 1 aliphatic rings. The molecule has 1 aromatic rings. The lowest BCUT2D eigenvalue weighted by Gasteiger charge is -2.22. The van der Waals surface area contributed by atoms with Gasteiger partial charge in [-0.05, 0) is 49.4 Å². The van der Waals surface area contributed by atoms with E-state index >= 15 is 0 Å². The quantitative estimate of drug-likeness (QED) is 0.871. The Bertz CT molecular complexity index is 436. The lowest BCUT2D eigenvalue weighted by molar-refractivity contribution is 0.0963. The van der Waals surface area contributed by atoms with Crippen LogP contribution in [-0.4, -0.2) is 19.5 Å². The molecule has 0 spiro atoms.